The number of benzene rings is 2. The van der Waals surface area contributed by atoms with Crippen molar-refractivity contribution in [2.45, 2.75) is 24.6 Å². The van der Waals surface area contributed by atoms with E-state index in [9.17, 15) is 18.4 Å². The minimum absolute atomic E-state index is 0.150. The second-order valence-corrected chi connectivity index (χ2v) is 9.76. The number of hydrogen-bond acceptors (Lipinski definition) is 7. The maximum Gasteiger partial charge on any atom is 0.276 e. The molecule has 2 aromatic carbocycles. The zero-order chi connectivity index (χ0) is 24.7. The number of nitrogens with zero attached hydrogens (tertiary/aromatic N) is 3. The summed E-state index contributed by atoms with van der Waals surface area (Å²) >= 11 is 3.46. The number of amides is 1. The van der Waals surface area contributed by atoms with Crippen LogP contribution in [-0.2, 0) is 22.3 Å². The van der Waals surface area contributed by atoms with Crippen LogP contribution in [0.5, 0.6) is 5.75 Å². The monoisotopic (exact) mass is 514 g/mol. The topological polar surface area (TPSA) is 142 Å². The van der Waals surface area contributed by atoms with Crippen LogP contribution >= 0.6 is 11.6 Å². The Morgan fingerprint density at radius 2 is 2.09 bits per heavy atom. The van der Waals surface area contributed by atoms with E-state index in [4.69, 9.17) is 16.3 Å². The minimum atomic E-state index is -2.92. The average molecular weight is 515 g/mol. The van der Waals surface area contributed by atoms with Gasteiger partial charge in [-0.1, -0.05) is 29.8 Å². The van der Waals surface area contributed by atoms with Crippen molar-refractivity contribution in [3.63, 3.8) is 0 Å². The number of nitrogens with one attached hydrogen (secondary N) is 2. The van der Waals surface area contributed by atoms with Gasteiger partial charge in [0.25, 0.3) is 11.5 Å². The SMILES string of the molecule is CNC(=O)C(n1nc(Cc2nc3cc(OCC4CC4)c(Cl)cc3[nH]2)c2ccccc2c1=O)S(=O)[O-]. The normalized spacial score (nSPS) is 15.3. The molecule has 0 bridgehead atoms. The summed E-state index contributed by atoms with van der Waals surface area (Å²) in [5, 5.41) is 5.99. The highest BCUT2D eigenvalue weighted by Crippen LogP contribution is 2.33. The molecule has 182 valence electrons. The van der Waals surface area contributed by atoms with Crippen LogP contribution in [0.25, 0.3) is 21.8 Å². The number of hydrogen-bond donors (Lipinski definition) is 2. The van der Waals surface area contributed by atoms with E-state index in [1.165, 1.54) is 7.05 Å². The maximum atomic E-state index is 13.0. The van der Waals surface area contributed by atoms with Crippen LogP contribution in [0.3, 0.4) is 0 Å². The van der Waals surface area contributed by atoms with Gasteiger partial charge in [-0.3, -0.25) is 13.8 Å². The largest absolute Gasteiger partial charge is 0.770 e. The van der Waals surface area contributed by atoms with Crippen molar-refractivity contribution in [2.75, 3.05) is 13.7 Å². The first kappa shape index (κ1) is 23.5. The summed E-state index contributed by atoms with van der Waals surface area (Å²) in [6.07, 6.45) is 2.48. The van der Waals surface area contributed by atoms with Gasteiger partial charge in [0, 0.05) is 18.5 Å². The van der Waals surface area contributed by atoms with Crippen molar-refractivity contribution in [3.8, 4) is 5.75 Å². The van der Waals surface area contributed by atoms with Gasteiger partial charge in [-0.05, 0) is 42.0 Å². The molecule has 12 heteroatoms. The Bertz CT molecular complexity index is 1530. The number of ether oxygens (including phenoxy) is 1. The molecule has 2 aromatic heterocycles. The summed E-state index contributed by atoms with van der Waals surface area (Å²) in [4.78, 5) is 33.1. The molecule has 0 aliphatic heterocycles. The Balaban J connectivity index is 1.56. The first-order valence-electron chi connectivity index (χ1n) is 11.0. The molecule has 2 unspecified atom stereocenters. The molecule has 2 N–H and O–H groups in total. The number of fused-ring (bicyclic) bond motifs is 2. The Morgan fingerprint density at radius 1 is 1.34 bits per heavy atom. The number of imidazole rings is 1. The average Bonchev–Trinajstić information content (AvgIpc) is 3.59. The molecular weight excluding hydrogens is 494 g/mol. The third-order valence-corrected chi connectivity index (χ3v) is 6.94. The van der Waals surface area contributed by atoms with Crippen LogP contribution in [0, 0.1) is 5.92 Å². The van der Waals surface area contributed by atoms with Gasteiger partial charge in [0.15, 0.2) is 5.37 Å². The molecule has 2 atom stereocenters. The smallest absolute Gasteiger partial charge is 0.276 e. The zero-order valence-electron chi connectivity index (χ0n) is 18.6. The first-order valence-corrected chi connectivity index (χ1v) is 12.5. The van der Waals surface area contributed by atoms with Crippen molar-refractivity contribution in [1.29, 1.82) is 0 Å². The van der Waals surface area contributed by atoms with Crippen LogP contribution < -0.4 is 15.6 Å². The fourth-order valence-corrected chi connectivity index (χ4v) is 4.69. The molecule has 4 aromatic rings. The summed E-state index contributed by atoms with van der Waals surface area (Å²) in [5.74, 6) is 0.797. The summed E-state index contributed by atoms with van der Waals surface area (Å²) in [6, 6.07) is 10.2. The van der Waals surface area contributed by atoms with Gasteiger partial charge in [-0.2, -0.15) is 5.10 Å². The minimum Gasteiger partial charge on any atom is -0.770 e. The molecule has 2 heterocycles. The molecule has 1 saturated carbocycles. The summed E-state index contributed by atoms with van der Waals surface area (Å²) < 4.78 is 30.2. The van der Waals surface area contributed by atoms with Crippen LogP contribution in [-0.4, -0.2) is 48.1 Å². The molecule has 0 spiro atoms. The second kappa shape index (κ2) is 9.40. The lowest BCUT2D eigenvalue weighted by Gasteiger charge is -2.20. The van der Waals surface area contributed by atoms with E-state index in [0.29, 0.717) is 55.9 Å². The van der Waals surface area contributed by atoms with Crippen LogP contribution in [0.4, 0.5) is 0 Å². The third kappa shape index (κ3) is 4.66. The van der Waals surface area contributed by atoms with Crippen molar-refractivity contribution in [1.82, 2.24) is 25.1 Å². The molecule has 1 aliphatic rings. The number of aromatic amines is 1. The van der Waals surface area contributed by atoms with Crippen molar-refractivity contribution in [3.05, 3.63) is 63.3 Å². The number of rotatable bonds is 8. The van der Waals surface area contributed by atoms with Gasteiger partial charge in [-0.15, -0.1) is 0 Å². The van der Waals surface area contributed by atoms with E-state index in [2.05, 4.69) is 20.4 Å². The molecule has 5 rings (SSSR count). The second-order valence-electron chi connectivity index (χ2n) is 8.38. The number of likely N-dealkylation sites (N-methyl/N-ethyl adjacent to an activating group) is 1. The van der Waals surface area contributed by atoms with E-state index in [1.54, 1.807) is 36.4 Å². The molecule has 1 aliphatic carbocycles. The van der Waals surface area contributed by atoms with Gasteiger partial charge < -0.3 is 19.6 Å². The summed E-state index contributed by atoms with van der Waals surface area (Å²) in [7, 11) is 1.29. The van der Waals surface area contributed by atoms with E-state index in [0.717, 1.165) is 12.8 Å². The molecule has 0 radical (unpaired) electrons. The predicted molar refractivity (Wildman–Crippen MR) is 130 cm³/mol. The van der Waals surface area contributed by atoms with Crippen LogP contribution in [0.15, 0.2) is 41.2 Å². The maximum absolute atomic E-state index is 13.0. The Labute approximate surface area is 206 Å². The van der Waals surface area contributed by atoms with Gasteiger partial charge in [0.05, 0.1) is 40.2 Å². The standard InChI is InChI=1S/C23H22ClN5O5S/c1-25-21(30)23(35(32)33)29-22(31)14-5-3-2-4-13(14)16(28-29)10-20-26-17-8-15(24)19(9-18(17)27-20)34-11-12-6-7-12/h2-5,8-9,12,23H,6-7,10-11H2,1H3,(H,25,30)(H,26,27)(H,32,33)/p-1. The van der Waals surface area contributed by atoms with Gasteiger partial charge in [0.1, 0.15) is 11.6 Å². The number of carbonyl (C=O) groups is 1. The van der Waals surface area contributed by atoms with E-state index >= 15 is 0 Å². The quantitative estimate of drug-likeness (QED) is 0.344. The molecule has 10 nitrogen and oxygen atoms in total. The molecular formula is C23H21ClN5O5S-. The van der Waals surface area contributed by atoms with E-state index in [-0.39, 0.29) is 11.8 Å². The Kier molecular flexibility index (Phi) is 6.30. The highest BCUT2D eigenvalue weighted by atomic mass is 35.5. The number of carbonyl (C=O) groups excluding carboxylic acids is 1. The van der Waals surface area contributed by atoms with E-state index < -0.39 is 27.9 Å². The lowest BCUT2D eigenvalue weighted by Crippen LogP contribution is -2.40. The van der Waals surface area contributed by atoms with E-state index in [1.807, 2.05) is 0 Å². The number of H-pyrrole nitrogens is 1. The van der Waals surface area contributed by atoms with Gasteiger partial charge in [0.2, 0.25) is 0 Å². The Morgan fingerprint density at radius 3 is 2.77 bits per heavy atom. The zero-order valence-corrected chi connectivity index (χ0v) is 20.2. The van der Waals surface area contributed by atoms with Crippen LogP contribution in [0.1, 0.15) is 29.7 Å². The lowest BCUT2D eigenvalue weighted by molar-refractivity contribution is -0.121. The lowest BCUT2D eigenvalue weighted by atomic mass is 10.1. The van der Waals surface area contributed by atoms with Gasteiger partial charge in [-0.25, -0.2) is 9.67 Å². The summed E-state index contributed by atoms with van der Waals surface area (Å²) in [6.45, 7) is 0.619. The number of halogens is 1. The molecule has 35 heavy (non-hydrogen) atoms. The molecule has 1 amide bonds. The number of aromatic nitrogens is 4. The predicted octanol–water partition coefficient (Wildman–Crippen LogP) is 2.43. The third-order valence-electron chi connectivity index (χ3n) is 5.87. The first-order chi connectivity index (χ1) is 16.9. The van der Waals surface area contributed by atoms with Crippen LogP contribution in [0.2, 0.25) is 5.02 Å². The molecule has 1 fully saturated rings. The fourth-order valence-electron chi connectivity index (χ4n) is 3.88. The highest BCUT2D eigenvalue weighted by Gasteiger charge is 2.26. The fraction of sp³-hybridized carbons (Fsp3) is 0.304. The van der Waals surface area contributed by atoms with Crippen molar-refractivity contribution >= 4 is 50.4 Å². The van der Waals surface area contributed by atoms with Gasteiger partial charge >= 0.3 is 0 Å². The Hall–Kier alpha value is -3.28. The van der Waals surface area contributed by atoms with Crippen molar-refractivity contribution < 1.29 is 18.3 Å². The molecule has 0 saturated heterocycles. The highest BCUT2D eigenvalue weighted by molar-refractivity contribution is 7.80. The summed E-state index contributed by atoms with van der Waals surface area (Å²) in [5.41, 5.74) is 1.05. The van der Waals surface area contributed by atoms with Crippen molar-refractivity contribution in [2.24, 2.45) is 5.92 Å².